The molecule has 0 saturated heterocycles. The second-order valence-corrected chi connectivity index (χ2v) is 2.44. The Hall–Kier alpha value is -0.204. The smallest absolute Gasteiger partial charge is 1.00 e. The van der Waals surface area contributed by atoms with Crippen molar-refractivity contribution < 1.29 is 67.5 Å². The van der Waals surface area contributed by atoms with Gasteiger partial charge >= 0.3 is 57.4 Å². The van der Waals surface area contributed by atoms with Crippen molar-refractivity contribution in [3.63, 3.8) is 0 Å². The van der Waals surface area contributed by atoms with E-state index in [0.717, 1.165) is 0 Å². The zero-order valence-corrected chi connectivity index (χ0v) is 11.0. The third-order valence-corrected chi connectivity index (χ3v) is 1.44. The van der Waals surface area contributed by atoms with Gasteiger partial charge in [0.25, 0.3) is 5.91 Å². The van der Waals surface area contributed by atoms with Crippen LogP contribution in [0.25, 0.3) is 0 Å². The third kappa shape index (κ3) is 4.87. The molecule has 1 rings (SSSR count). The molecule has 2 N–H and O–H groups in total. The van der Waals surface area contributed by atoms with Crippen molar-refractivity contribution in [1.82, 2.24) is 5.32 Å². The average molecular weight is 219 g/mol. The molecule has 1 aromatic rings. The largest absolute Gasteiger partial charge is 1.00 e. The molecule has 70 valence electrons. The molecule has 0 aliphatic carbocycles. The van der Waals surface area contributed by atoms with Gasteiger partial charge in [0.1, 0.15) is 6.54 Å². The molecule has 14 heavy (non-hydrogen) atoms. The number of aliphatic carboxylic acids is 1. The molecule has 0 aliphatic heterocycles. The molecule has 0 heterocycles. The van der Waals surface area contributed by atoms with Gasteiger partial charge in [0, 0.05) is 5.56 Å². The number of hydrogen-bond acceptors (Lipinski definition) is 2. The van der Waals surface area contributed by atoms with Crippen molar-refractivity contribution in [2.75, 3.05) is 6.54 Å². The van der Waals surface area contributed by atoms with E-state index in [2.05, 4.69) is 5.32 Å². The summed E-state index contributed by atoms with van der Waals surface area (Å²) in [7, 11) is 0. The Morgan fingerprint density at radius 3 is 2.36 bits per heavy atom. The summed E-state index contributed by atoms with van der Waals surface area (Å²) < 4.78 is 0. The van der Waals surface area contributed by atoms with E-state index in [4.69, 9.17) is 5.11 Å². The zero-order chi connectivity index (χ0) is 9.68. The number of amides is 1. The maximum atomic E-state index is 11.2. The maximum absolute atomic E-state index is 11.2. The number of carbonyl (C=O) groups excluding carboxylic acids is 1. The normalized spacial score (nSPS) is 8.57. The van der Waals surface area contributed by atoms with Crippen LogP contribution in [0.2, 0.25) is 0 Å². The Labute approximate surface area is 126 Å². The third-order valence-electron chi connectivity index (χ3n) is 1.44. The Morgan fingerprint density at radius 2 is 1.86 bits per heavy atom. The van der Waals surface area contributed by atoms with Crippen LogP contribution < -0.4 is 56.7 Å². The number of nitrogens with one attached hydrogen (secondary N) is 1. The number of carbonyl (C=O) groups is 2. The first-order valence-corrected chi connectivity index (χ1v) is 3.75. The predicted molar refractivity (Wildman–Crippen MR) is 47.5 cm³/mol. The second kappa shape index (κ2) is 7.14. The van der Waals surface area contributed by atoms with Gasteiger partial charge in [-0.25, -0.2) is 0 Å². The zero-order valence-electron chi connectivity index (χ0n) is 8.86. The van der Waals surface area contributed by atoms with Crippen LogP contribution in [0.15, 0.2) is 30.3 Å². The molecule has 1 aromatic carbocycles. The van der Waals surface area contributed by atoms with Crippen LogP contribution in [-0.4, -0.2) is 23.5 Å². The number of carboxylic acid groups (broad SMARTS) is 1. The average Bonchev–Trinajstić information content (AvgIpc) is 2.15. The molecule has 0 aromatic heterocycles. The summed E-state index contributed by atoms with van der Waals surface area (Å²) in [4.78, 5) is 21.3. The first-order valence-electron chi connectivity index (χ1n) is 3.75. The molecule has 0 fully saturated rings. The van der Waals surface area contributed by atoms with Crippen LogP contribution in [0.4, 0.5) is 0 Å². The van der Waals surface area contributed by atoms with Crippen LogP contribution in [0.5, 0.6) is 0 Å². The van der Waals surface area contributed by atoms with Gasteiger partial charge in [0.2, 0.25) is 0 Å². The van der Waals surface area contributed by atoms with Crippen LogP contribution in [0, 0.1) is 0 Å². The molecule has 0 bridgehead atoms. The van der Waals surface area contributed by atoms with Gasteiger partial charge in [-0.1, -0.05) is 18.2 Å². The molecule has 0 unspecified atom stereocenters. The van der Waals surface area contributed by atoms with Crippen LogP contribution >= 0.6 is 0 Å². The molecule has 4 nitrogen and oxygen atoms in total. The minimum Gasteiger partial charge on any atom is -1.00 e. The van der Waals surface area contributed by atoms with E-state index >= 15 is 0 Å². The predicted octanol–water partition coefficient (Wildman–Crippen LogP) is -2.38. The van der Waals surface area contributed by atoms with Crippen molar-refractivity contribution in [2.24, 2.45) is 0 Å². The monoisotopic (exact) mass is 219 g/mol. The van der Waals surface area contributed by atoms with Gasteiger partial charge < -0.3 is 11.8 Å². The summed E-state index contributed by atoms with van der Waals surface area (Å²) in [5.74, 6) is -1.42. The fourth-order valence-corrected chi connectivity index (χ4v) is 0.847. The minimum atomic E-state index is -1.05. The molecule has 0 radical (unpaired) electrons. The first kappa shape index (κ1) is 13.8. The summed E-state index contributed by atoms with van der Waals surface area (Å²) in [5, 5.41) is 10.6. The van der Waals surface area contributed by atoms with Crippen LogP contribution in [0.3, 0.4) is 0 Å². The van der Waals surface area contributed by atoms with E-state index in [1.54, 1.807) is 30.3 Å². The Balaban J connectivity index is 0. The van der Waals surface area contributed by atoms with Crippen LogP contribution in [-0.2, 0) is 4.79 Å². The fraction of sp³-hybridized carbons (Fsp3) is 0.111. The second-order valence-electron chi connectivity index (χ2n) is 2.44. The van der Waals surface area contributed by atoms with Crippen LogP contribution in [0.1, 0.15) is 11.8 Å². The van der Waals surface area contributed by atoms with Crippen molar-refractivity contribution in [2.45, 2.75) is 0 Å². The van der Waals surface area contributed by atoms with E-state index in [0.29, 0.717) is 5.56 Å². The van der Waals surface area contributed by atoms with Crippen molar-refractivity contribution in [3.05, 3.63) is 35.9 Å². The Kier molecular flexibility index (Phi) is 7.03. The SMILES string of the molecule is O=C(O)CNC(=O)c1ccccc1.[H-].[K+]. The van der Waals surface area contributed by atoms with Gasteiger partial charge in [-0.15, -0.1) is 0 Å². The molecule has 0 aliphatic rings. The van der Waals surface area contributed by atoms with E-state index in [1.807, 2.05) is 0 Å². The number of hydrogen-bond donors (Lipinski definition) is 2. The van der Waals surface area contributed by atoms with Crippen molar-refractivity contribution in [3.8, 4) is 0 Å². The Bertz CT molecular complexity index is 318. The van der Waals surface area contributed by atoms with Gasteiger partial charge in [0.05, 0.1) is 0 Å². The molecule has 0 spiro atoms. The quantitative estimate of drug-likeness (QED) is 0.558. The summed E-state index contributed by atoms with van der Waals surface area (Å²) >= 11 is 0. The topological polar surface area (TPSA) is 66.4 Å². The molecule has 1 amide bonds. The standard InChI is InChI=1S/C9H9NO3.K.H/c11-8(12)6-10-9(13)7-4-2-1-3-5-7;;/h1-5H,6H2,(H,10,13)(H,11,12);;/q;+1;-1. The Morgan fingerprint density at radius 1 is 1.29 bits per heavy atom. The summed E-state index contributed by atoms with van der Waals surface area (Å²) in [6.07, 6.45) is 0. The van der Waals surface area contributed by atoms with E-state index in [-0.39, 0.29) is 65.3 Å². The fourth-order valence-electron chi connectivity index (χ4n) is 0.847. The maximum Gasteiger partial charge on any atom is 1.00 e. The molecule has 0 atom stereocenters. The molecule has 0 saturated carbocycles. The van der Waals surface area contributed by atoms with Gasteiger partial charge in [-0.05, 0) is 12.1 Å². The molecular formula is C9H10KNO3. The molecular weight excluding hydrogens is 209 g/mol. The summed E-state index contributed by atoms with van der Waals surface area (Å²) in [6, 6.07) is 8.47. The van der Waals surface area contributed by atoms with E-state index < -0.39 is 5.97 Å². The summed E-state index contributed by atoms with van der Waals surface area (Å²) in [5.41, 5.74) is 0.462. The minimum absolute atomic E-state index is 0. The van der Waals surface area contributed by atoms with Gasteiger partial charge in [-0.3, -0.25) is 9.59 Å². The van der Waals surface area contributed by atoms with Crippen molar-refractivity contribution >= 4 is 11.9 Å². The van der Waals surface area contributed by atoms with E-state index in [9.17, 15) is 9.59 Å². The van der Waals surface area contributed by atoms with Gasteiger partial charge in [0.15, 0.2) is 0 Å². The molecule has 5 heteroatoms. The first-order chi connectivity index (χ1) is 6.20. The van der Waals surface area contributed by atoms with Crippen molar-refractivity contribution in [1.29, 1.82) is 0 Å². The number of benzene rings is 1. The summed E-state index contributed by atoms with van der Waals surface area (Å²) in [6.45, 7) is -0.353. The van der Waals surface area contributed by atoms with E-state index in [1.165, 1.54) is 0 Å². The van der Waals surface area contributed by atoms with Gasteiger partial charge in [-0.2, -0.15) is 0 Å². The number of rotatable bonds is 3. The number of carboxylic acids is 1.